The molecular weight excluding hydrogens is 304 g/mol. The van der Waals surface area contributed by atoms with E-state index in [1.807, 2.05) is 18.2 Å². The second-order valence-corrected chi connectivity index (χ2v) is 5.77. The number of rotatable bonds is 8. The lowest BCUT2D eigenvalue weighted by atomic mass is 10.0. The summed E-state index contributed by atoms with van der Waals surface area (Å²) >= 11 is 0. The minimum atomic E-state index is -0.953. The van der Waals surface area contributed by atoms with Gasteiger partial charge < -0.3 is 15.3 Å². The van der Waals surface area contributed by atoms with Crippen LogP contribution in [-0.4, -0.2) is 21.3 Å². The molecule has 2 rings (SSSR count). The summed E-state index contributed by atoms with van der Waals surface area (Å²) in [5.41, 5.74) is 2.16. The molecular formula is C20H22O4. The summed E-state index contributed by atoms with van der Waals surface area (Å²) in [7, 11) is 0. The van der Waals surface area contributed by atoms with E-state index >= 15 is 0 Å². The van der Waals surface area contributed by atoms with E-state index in [-0.39, 0.29) is 11.5 Å². The molecule has 0 aliphatic carbocycles. The maximum absolute atomic E-state index is 11.4. The predicted octanol–water partition coefficient (Wildman–Crippen LogP) is 4.37. The van der Waals surface area contributed by atoms with E-state index in [4.69, 9.17) is 0 Å². The van der Waals surface area contributed by atoms with Gasteiger partial charge in [0.25, 0.3) is 0 Å². The molecule has 0 radical (unpaired) electrons. The SMILES string of the molecule is O=C(O)/C(=C/c1ccc(O)c(O)c1)CCCCCc1ccccc1. The highest BCUT2D eigenvalue weighted by Crippen LogP contribution is 2.26. The van der Waals surface area contributed by atoms with Crippen molar-refractivity contribution >= 4 is 12.0 Å². The zero-order chi connectivity index (χ0) is 17.4. The van der Waals surface area contributed by atoms with Crippen molar-refractivity contribution in [2.75, 3.05) is 0 Å². The van der Waals surface area contributed by atoms with Gasteiger partial charge in [0.05, 0.1) is 0 Å². The molecule has 0 saturated carbocycles. The number of unbranched alkanes of at least 4 members (excludes halogenated alkanes) is 2. The number of carboxylic acid groups (broad SMARTS) is 1. The number of hydrogen-bond acceptors (Lipinski definition) is 3. The molecule has 0 aliphatic rings. The molecule has 0 heterocycles. The molecule has 24 heavy (non-hydrogen) atoms. The Balaban J connectivity index is 1.86. The van der Waals surface area contributed by atoms with Crippen LogP contribution in [0.15, 0.2) is 54.1 Å². The Morgan fingerprint density at radius 1 is 0.917 bits per heavy atom. The normalized spacial score (nSPS) is 11.4. The molecule has 0 amide bonds. The van der Waals surface area contributed by atoms with Crippen molar-refractivity contribution in [2.24, 2.45) is 0 Å². The zero-order valence-corrected chi connectivity index (χ0v) is 13.5. The van der Waals surface area contributed by atoms with Gasteiger partial charge in [-0.15, -0.1) is 0 Å². The third kappa shape index (κ3) is 5.47. The van der Waals surface area contributed by atoms with Crippen molar-refractivity contribution in [2.45, 2.75) is 32.1 Å². The van der Waals surface area contributed by atoms with Crippen molar-refractivity contribution in [3.05, 3.63) is 65.2 Å². The monoisotopic (exact) mass is 326 g/mol. The molecule has 0 spiro atoms. The number of phenols is 2. The molecule has 0 fully saturated rings. The lowest BCUT2D eigenvalue weighted by Crippen LogP contribution is -2.00. The fourth-order valence-corrected chi connectivity index (χ4v) is 2.54. The molecule has 3 N–H and O–H groups in total. The largest absolute Gasteiger partial charge is 0.504 e. The van der Waals surface area contributed by atoms with Gasteiger partial charge in [-0.1, -0.05) is 42.8 Å². The molecule has 126 valence electrons. The molecule has 0 bridgehead atoms. The number of aromatic hydroxyl groups is 2. The molecule has 2 aromatic rings. The van der Waals surface area contributed by atoms with Gasteiger partial charge in [-0.2, -0.15) is 0 Å². The highest BCUT2D eigenvalue weighted by atomic mass is 16.4. The third-order valence-corrected chi connectivity index (χ3v) is 3.87. The van der Waals surface area contributed by atoms with E-state index in [1.54, 1.807) is 12.1 Å². The van der Waals surface area contributed by atoms with Crippen LogP contribution in [0.25, 0.3) is 6.08 Å². The van der Waals surface area contributed by atoms with Crippen molar-refractivity contribution in [1.82, 2.24) is 0 Å². The summed E-state index contributed by atoms with van der Waals surface area (Å²) in [5, 5.41) is 28.1. The number of aryl methyl sites for hydroxylation is 1. The first kappa shape index (κ1) is 17.6. The average Bonchev–Trinajstić information content (AvgIpc) is 2.57. The summed E-state index contributed by atoms with van der Waals surface area (Å²) in [5.74, 6) is -1.42. The van der Waals surface area contributed by atoms with Crippen LogP contribution in [0.4, 0.5) is 0 Å². The molecule has 2 aromatic carbocycles. The summed E-state index contributed by atoms with van der Waals surface area (Å²) in [6.07, 6.45) is 5.80. The Morgan fingerprint density at radius 2 is 1.67 bits per heavy atom. The lowest BCUT2D eigenvalue weighted by molar-refractivity contribution is -0.132. The fourth-order valence-electron chi connectivity index (χ4n) is 2.54. The van der Waals surface area contributed by atoms with Gasteiger partial charge in [-0.3, -0.25) is 0 Å². The van der Waals surface area contributed by atoms with Gasteiger partial charge in [0.2, 0.25) is 0 Å². The smallest absolute Gasteiger partial charge is 0.331 e. The third-order valence-electron chi connectivity index (χ3n) is 3.87. The van der Waals surface area contributed by atoms with E-state index < -0.39 is 5.97 Å². The first-order valence-electron chi connectivity index (χ1n) is 8.06. The van der Waals surface area contributed by atoms with E-state index in [0.29, 0.717) is 17.6 Å². The summed E-state index contributed by atoms with van der Waals surface area (Å²) in [6.45, 7) is 0. The summed E-state index contributed by atoms with van der Waals surface area (Å²) in [4.78, 5) is 11.4. The molecule has 0 atom stereocenters. The number of phenolic OH excluding ortho intramolecular Hbond substituents is 2. The lowest BCUT2D eigenvalue weighted by Gasteiger charge is -2.05. The van der Waals surface area contributed by atoms with Crippen LogP contribution in [0.5, 0.6) is 11.5 Å². The number of carboxylic acids is 1. The van der Waals surface area contributed by atoms with E-state index in [2.05, 4.69) is 12.1 Å². The Hall–Kier alpha value is -2.75. The Kier molecular flexibility index (Phi) is 6.43. The standard InChI is InChI=1S/C20H22O4/c21-18-12-11-16(14-19(18)22)13-17(20(23)24)10-6-2-5-9-15-7-3-1-4-8-15/h1,3-4,7-8,11-14,21-22H,2,5-6,9-10H2,(H,23,24)/b17-13+. The maximum atomic E-state index is 11.4. The van der Waals surface area contributed by atoms with Crippen molar-refractivity contribution in [3.63, 3.8) is 0 Å². The first-order valence-corrected chi connectivity index (χ1v) is 8.06. The van der Waals surface area contributed by atoms with Crippen LogP contribution < -0.4 is 0 Å². The minimum absolute atomic E-state index is 0.218. The zero-order valence-electron chi connectivity index (χ0n) is 13.5. The average molecular weight is 326 g/mol. The highest BCUT2D eigenvalue weighted by molar-refractivity contribution is 5.92. The summed E-state index contributed by atoms with van der Waals surface area (Å²) in [6, 6.07) is 14.5. The minimum Gasteiger partial charge on any atom is -0.504 e. The Labute approximate surface area is 141 Å². The van der Waals surface area contributed by atoms with E-state index in [1.165, 1.54) is 17.7 Å². The topological polar surface area (TPSA) is 77.8 Å². The maximum Gasteiger partial charge on any atom is 0.331 e. The van der Waals surface area contributed by atoms with Crippen LogP contribution in [0.3, 0.4) is 0 Å². The molecule has 0 unspecified atom stereocenters. The second-order valence-electron chi connectivity index (χ2n) is 5.77. The summed E-state index contributed by atoms with van der Waals surface area (Å²) < 4.78 is 0. The number of benzene rings is 2. The quantitative estimate of drug-likeness (QED) is 0.382. The van der Waals surface area contributed by atoms with Crippen molar-refractivity contribution in [3.8, 4) is 11.5 Å². The van der Waals surface area contributed by atoms with Crippen molar-refractivity contribution in [1.29, 1.82) is 0 Å². The van der Waals surface area contributed by atoms with Gasteiger partial charge in [-0.05, 0) is 55.0 Å². The van der Waals surface area contributed by atoms with Crippen LogP contribution in [0.1, 0.15) is 36.8 Å². The van der Waals surface area contributed by atoms with Gasteiger partial charge >= 0.3 is 5.97 Å². The van der Waals surface area contributed by atoms with Gasteiger partial charge in [0.1, 0.15) is 0 Å². The number of hydrogen-bond donors (Lipinski definition) is 3. The van der Waals surface area contributed by atoms with Crippen molar-refractivity contribution < 1.29 is 20.1 Å². The number of aliphatic carboxylic acids is 1. The second kappa shape index (κ2) is 8.77. The molecule has 4 heteroatoms. The Morgan fingerprint density at radius 3 is 2.33 bits per heavy atom. The Bertz CT molecular complexity index is 705. The first-order chi connectivity index (χ1) is 11.6. The molecule has 0 aromatic heterocycles. The highest BCUT2D eigenvalue weighted by Gasteiger charge is 2.08. The van der Waals surface area contributed by atoms with E-state index in [0.717, 1.165) is 25.7 Å². The number of carbonyl (C=O) groups is 1. The fraction of sp³-hybridized carbons (Fsp3) is 0.250. The molecule has 0 saturated heterocycles. The van der Waals surface area contributed by atoms with Gasteiger partial charge in [0.15, 0.2) is 11.5 Å². The van der Waals surface area contributed by atoms with Crippen LogP contribution in [-0.2, 0) is 11.2 Å². The molecule has 4 nitrogen and oxygen atoms in total. The predicted molar refractivity (Wildman–Crippen MR) is 94.0 cm³/mol. The van der Waals surface area contributed by atoms with Crippen LogP contribution in [0.2, 0.25) is 0 Å². The van der Waals surface area contributed by atoms with Gasteiger partial charge in [-0.25, -0.2) is 4.79 Å². The molecule has 0 aliphatic heterocycles. The van der Waals surface area contributed by atoms with Crippen LogP contribution >= 0.6 is 0 Å². The van der Waals surface area contributed by atoms with Crippen LogP contribution in [0, 0.1) is 0 Å². The van der Waals surface area contributed by atoms with Gasteiger partial charge in [0, 0.05) is 5.57 Å². The van der Waals surface area contributed by atoms with E-state index in [9.17, 15) is 20.1 Å².